The molecule has 0 aromatic heterocycles. The highest BCUT2D eigenvalue weighted by Crippen LogP contribution is 2.43. The van der Waals surface area contributed by atoms with Crippen LogP contribution in [0, 0.1) is 5.82 Å². The Labute approximate surface area is 115 Å². The lowest BCUT2D eigenvalue weighted by Gasteiger charge is -2.38. The van der Waals surface area contributed by atoms with Crippen molar-refractivity contribution >= 4 is 14.1 Å². The predicted molar refractivity (Wildman–Crippen MR) is 76.4 cm³/mol. The molecule has 0 fully saturated rings. The highest BCUT2D eigenvalue weighted by molar-refractivity contribution is 6.74. The molecule has 1 atom stereocenters. The minimum atomic E-state index is -1.93. The van der Waals surface area contributed by atoms with Gasteiger partial charge in [0.25, 0.3) is 0 Å². The van der Waals surface area contributed by atoms with E-state index in [9.17, 15) is 9.18 Å². The van der Waals surface area contributed by atoms with E-state index in [0.717, 1.165) is 5.56 Å². The summed E-state index contributed by atoms with van der Waals surface area (Å²) in [6.45, 7) is 10.8. The van der Waals surface area contributed by atoms with Gasteiger partial charge in [-0.05, 0) is 35.8 Å². The molecule has 0 radical (unpaired) electrons. The predicted octanol–water partition coefficient (Wildman–Crippen LogP) is 4.48. The van der Waals surface area contributed by atoms with E-state index >= 15 is 0 Å². The van der Waals surface area contributed by atoms with Crippen LogP contribution in [0.25, 0.3) is 0 Å². The monoisotopic (exact) mass is 280 g/mol. The van der Waals surface area contributed by atoms with Crippen molar-refractivity contribution < 1.29 is 13.6 Å². The minimum absolute atomic E-state index is 0.0155. The van der Waals surface area contributed by atoms with Crippen LogP contribution in [0.2, 0.25) is 18.1 Å². The normalized spacial score (nSPS) is 19.7. The van der Waals surface area contributed by atoms with Gasteiger partial charge in [0.1, 0.15) is 5.82 Å². The van der Waals surface area contributed by atoms with Gasteiger partial charge in [-0.15, -0.1) is 0 Å². The summed E-state index contributed by atoms with van der Waals surface area (Å²) in [7, 11) is -1.93. The zero-order valence-electron chi connectivity index (χ0n) is 12.2. The molecule has 1 aliphatic rings. The van der Waals surface area contributed by atoms with Crippen LogP contribution in [0.15, 0.2) is 18.2 Å². The van der Waals surface area contributed by atoms with Gasteiger partial charge in [0.15, 0.2) is 14.1 Å². The fraction of sp³-hybridized carbons (Fsp3) is 0.533. The number of halogens is 1. The third-order valence-corrected chi connectivity index (χ3v) is 8.76. The van der Waals surface area contributed by atoms with Crippen LogP contribution < -0.4 is 0 Å². The largest absolute Gasteiger partial charge is 0.409 e. The van der Waals surface area contributed by atoms with E-state index in [1.54, 1.807) is 6.07 Å². The molecule has 1 unspecified atom stereocenters. The second kappa shape index (κ2) is 4.53. The van der Waals surface area contributed by atoms with Gasteiger partial charge in [-0.2, -0.15) is 0 Å². The molecule has 0 spiro atoms. The summed E-state index contributed by atoms with van der Waals surface area (Å²) < 4.78 is 19.5. The average Bonchev–Trinajstić information content (AvgIpc) is 2.53. The van der Waals surface area contributed by atoms with E-state index in [0.29, 0.717) is 12.0 Å². The Morgan fingerprint density at radius 1 is 1.32 bits per heavy atom. The topological polar surface area (TPSA) is 26.3 Å². The number of rotatable bonds is 2. The van der Waals surface area contributed by atoms with Crippen LogP contribution in [0.5, 0.6) is 0 Å². The van der Waals surface area contributed by atoms with E-state index in [4.69, 9.17) is 4.43 Å². The highest BCUT2D eigenvalue weighted by Gasteiger charge is 2.42. The summed E-state index contributed by atoms with van der Waals surface area (Å²) >= 11 is 0. The van der Waals surface area contributed by atoms with Crippen LogP contribution >= 0.6 is 0 Å². The lowest BCUT2D eigenvalue weighted by atomic mass is 10.1. The quantitative estimate of drug-likeness (QED) is 0.747. The van der Waals surface area contributed by atoms with E-state index in [1.165, 1.54) is 12.1 Å². The maximum atomic E-state index is 13.2. The van der Waals surface area contributed by atoms with Crippen molar-refractivity contribution in [2.45, 2.75) is 51.4 Å². The molecule has 0 heterocycles. The number of hydrogen-bond donors (Lipinski definition) is 0. The molecule has 1 aromatic carbocycles. The molecular formula is C15H21FO2Si. The van der Waals surface area contributed by atoms with Gasteiger partial charge in [-0.3, -0.25) is 4.79 Å². The Kier molecular flexibility index (Phi) is 3.43. The lowest BCUT2D eigenvalue weighted by molar-refractivity contribution is 0.0937. The Morgan fingerprint density at radius 2 is 1.95 bits per heavy atom. The maximum Gasteiger partial charge on any atom is 0.192 e. The van der Waals surface area contributed by atoms with E-state index in [1.807, 2.05) is 0 Å². The Morgan fingerprint density at radius 3 is 2.53 bits per heavy atom. The summed E-state index contributed by atoms with van der Waals surface area (Å²) in [5.74, 6) is -0.377. The standard InChI is InChI=1S/C15H21FO2Si/c1-15(2,3)19(4,5)18-14-9-13(17)12-8-10(16)6-7-11(12)14/h6-8,14H,9H2,1-5H3. The van der Waals surface area contributed by atoms with Gasteiger partial charge in [0, 0.05) is 12.0 Å². The van der Waals surface area contributed by atoms with Crippen molar-refractivity contribution in [3.8, 4) is 0 Å². The van der Waals surface area contributed by atoms with E-state index in [-0.39, 0.29) is 22.7 Å². The first-order valence-electron chi connectivity index (χ1n) is 6.62. The zero-order chi connectivity index (χ0) is 14.4. The fourth-order valence-corrected chi connectivity index (χ4v) is 3.35. The lowest BCUT2D eigenvalue weighted by Crippen LogP contribution is -2.41. The van der Waals surface area contributed by atoms with Gasteiger partial charge in [-0.25, -0.2) is 4.39 Å². The van der Waals surface area contributed by atoms with Gasteiger partial charge in [-0.1, -0.05) is 26.8 Å². The van der Waals surface area contributed by atoms with Crippen molar-refractivity contribution in [1.29, 1.82) is 0 Å². The molecule has 0 saturated heterocycles. The average molecular weight is 280 g/mol. The smallest absolute Gasteiger partial charge is 0.192 e. The number of ketones is 1. The van der Waals surface area contributed by atoms with Crippen molar-refractivity contribution in [2.75, 3.05) is 0 Å². The summed E-state index contributed by atoms with van der Waals surface area (Å²) in [5.41, 5.74) is 1.33. The number of benzene rings is 1. The van der Waals surface area contributed by atoms with Crippen LogP contribution in [-0.4, -0.2) is 14.1 Å². The number of hydrogen-bond acceptors (Lipinski definition) is 2. The minimum Gasteiger partial charge on any atom is -0.409 e. The number of Topliss-reactive ketones (excluding diaryl/α,β-unsaturated/α-hetero) is 1. The molecule has 0 saturated carbocycles. The van der Waals surface area contributed by atoms with Crippen LogP contribution in [0.4, 0.5) is 4.39 Å². The molecule has 4 heteroatoms. The van der Waals surface area contributed by atoms with Gasteiger partial charge >= 0.3 is 0 Å². The first-order valence-corrected chi connectivity index (χ1v) is 9.53. The number of carbonyl (C=O) groups is 1. The van der Waals surface area contributed by atoms with Crippen molar-refractivity contribution in [3.63, 3.8) is 0 Å². The maximum absolute atomic E-state index is 13.2. The highest BCUT2D eigenvalue weighted by atomic mass is 28.4. The van der Waals surface area contributed by atoms with Crippen molar-refractivity contribution in [2.24, 2.45) is 0 Å². The van der Waals surface area contributed by atoms with Crippen LogP contribution in [0.1, 0.15) is 49.2 Å². The molecule has 104 valence electrons. The molecule has 2 rings (SSSR count). The zero-order valence-corrected chi connectivity index (χ0v) is 13.2. The van der Waals surface area contributed by atoms with Gasteiger partial charge in [0.05, 0.1) is 6.10 Å². The summed E-state index contributed by atoms with van der Waals surface area (Å²) in [6.07, 6.45) is 0.134. The van der Waals surface area contributed by atoms with E-state index < -0.39 is 8.32 Å². The molecular weight excluding hydrogens is 259 g/mol. The van der Waals surface area contributed by atoms with Crippen molar-refractivity contribution in [1.82, 2.24) is 0 Å². The third kappa shape index (κ3) is 2.65. The Hall–Kier alpha value is -1.00. The number of carbonyl (C=O) groups excluding carboxylic acids is 1. The molecule has 2 nitrogen and oxygen atoms in total. The van der Waals surface area contributed by atoms with Crippen LogP contribution in [0.3, 0.4) is 0 Å². The molecule has 0 N–H and O–H groups in total. The first-order chi connectivity index (χ1) is 8.62. The second-order valence-electron chi connectivity index (χ2n) is 6.73. The summed E-state index contributed by atoms with van der Waals surface area (Å²) in [6, 6.07) is 4.42. The van der Waals surface area contributed by atoms with Crippen LogP contribution in [-0.2, 0) is 4.43 Å². The molecule has 1 aliphatic carbocycles. The SMILES string of the molecule is CC(C)(C)[Si](C)(C)OC1CC(=O)c2cc(F)ccc21. The molecule has 1 aromatic rings. The van der Waals surface area contributed by atoms with Gasteiger partial charge in [0.2, 0.25) is 0 Å². The molecule has 0 bridgehead atoms. The Balaban J connectivity index is 2.29. The second-order valence-corrected chi connectivity index (χ2v) is 11.5. The number of fused-ring (bicyclic) bond motifs is 1. The molecule has 0 amide bonds. The fourth-order valence-electron chi connectivity index (χ4n) is 2.08. The molecule has 19 heavy (non-hydrogen) atoms. The van der Waals surface area contributed by atoms with E-state index in [2.05, 4.69) is 33.9 Å². The first kappa shape index (κ1) is 14.4. The van der Waals surface area contributed by atoms with Gasteiger partial charge < -0.3 is 4.43 Å². The molecule has 0 aliphatic heterocycles. The summed E-state index contributed by atoms with van der Waals surface area (Å²) in [5, 5.41) is 0.0961. The van der Waals surface area contributed by atoms with Crippen molar-refractivity contribution in [3.05, 3.63) is 35.1 Å². The summed E-state index contributed by atoms with van der Waals surface area (Å²) in [4.78, 5) is 11.9. The third-order valence-electron chi connectivity index (χ3n) is 4.28. The Bertz CT molecular complexity index is 517.